The summed E-state index contributed by atoms with van der Waals surface area (Å²) in [6.07, 6.45) is 1.68. The summed E-state index contributed by atoms with van der Waals surface area (Å²) < 4.78 is 6.03. The average Bonchev–Trinajstić information content (AvgIpc) is 3.11. The highest BCUT2D eigenvalue weighted by Crippen LogP contribution is 2.27. The number of hydrazone groups is 1. The number of ether oxygens (including phenoxy) is 1. The van der Waals surface area contributed by atoms with Crippen LogP contribution in [0, 0.1) is 10.1 Å². The zero-order valence-electron chi connectivity index (χ0n) is 13.5. The van der Waals surface area contributed by atoms with Crippen LogP contribution in [0.1, 0.15) is 5.56 Å². The molecule has 3 aromatic rings. The first-order valence-corrected chi connectivity index (χ1v) is 9.07. The molecule has 0 spiro atoms. The van der Waals surface area contributed by atoms with Gasteiger partial charge < -0.3 is 4.74 Å². The number of halogens is 1. The molecule has 0 aliphatic heterocycles. The Morgan fingerprint density at radius 2 is 2.08 bits per heavy atom. The van der Waals surface area contributed by atoms with E-state index in [1.54, 1.807) is 25.5 Å². The normalized spacial score (nSPS) is 10.8. The molecular formula is C17H13BrN4O3S. The van der Waals surface area contributed by atoms with Crippen LogP contribution >= 0.6 is 27.3 Å². The standard InChI is InChI=1S/C17H13BrN4O3S/c1-25-16-7-2-11(8-14(16)18)9-19-21-17-20-15(10-26-17)12-3-5-13(6-4-12)22(23)24/h2-10H,1H3,(H,20,21)/b19-9-. The summed E-state index contributed by atoms with van der Waals surface area (Å²) in [5.74, 6) is 0.753. The molecule has 26 heavy (non-hydrogen) atoms. The van der Waals surface area contributed by atoms with Crippen LogP contribution in [0.4, 0.5) is 10.8 Å². The fraction of sp³-hybridized carbons (Fsp3) is 0.0588. The summed E-state index contributed by atoms with van der Waals surface area (Å²) >= 11 is 4.83. The van der Waals surface area contributed by atoms with Gasteiger partial charge in [-0.05, 0) is 51.8 Å². The first kappa shape index (κ1) is 18.0. The molecule has 0 amide bonds. The van der Waals surface area contributed by atoms with E-state index in [9.17, 15) is 10.1 Å². The van der Waals surface area contributed by atoms with Gasteiger partial charge in [-0.2, -0.15) is 5.10 Å². The molecule has 0 bridgehead atoms. The Kier molecular flexibility index (Phi) is 5.59. The van der Waals surface area contributed by atoms with Gasteiger partial charge in [0.25, 0.3) is 5.69 Å². The third-order valence-electron chi connectivity index (χ3n) is 3.43. The molecule has 7 nitrogen and oxygen atoms in total. The Bertz CT molecular complexity index is 957. The summed E-state index contributed by atoms with van der Waals surface area (Å²) in [5, 5.41) is 17.4. The molecule has 0 fully saturated rings. The lowest BCUT2D eigenvalue weighted by atomic mass is 10.1. The summed E-state index contributed by atoms with van der Waals surface area (Å²) in [7, 11) is 1.61. The summed E-state index contributed by atoms with van der Waals surface area (Å²) in [6.45, 7) is 0. The fourth-order valence-corrected chi connectivity index (χ4v) is 3.36. The number of nitro groups is 1. The summed E-state index contributed by atoms with van der Waals surface area (Å²) in [4.78, 5) is 14.7. The molecule has 0 unspecified atom stereocenters. The van der Waals surface area contributed by atoms with E-state index < -0.39 is 4.92 Å². The van der Waals surface area contributed by atoms with Crippen molar-refractivity contribution in [3.63, 3.8) is 0 Å². The van der Waals surface area contributed by atoms with Crippen LogP contribution in [0.5, 0.6) is 5.75 Å². The van der Waals surface area contributed by atoms with Crippen molar-refractivity contribution in [3.8, 4) is 17.0 Å². The molecule has 3 rings (SSSR count). The third kappa shape index (κ3) is 4.24. The van der Waals surface area contributed by atoms with E-state index >= 15 is 0 Å². The van der Waals surface area contributed by atoms with E-state index in [0.29, 0.717) is 5.13 Å². The fourth-order valence-electron chi connectivity index (χ4n) is 2.14. The highest BCUT2D eigenvalue weighted by Gasteiger charge is 2.08. The molecule has 0 aliphatic carbocycles. The Labute approximate surface area is 161 Å². The zero-order valence-corrected chi connectivity index (χ0v) is 16.0. The second-order valence-electron chi connectivity index (χ2n) is 5.11. The van der Waals surface area contributed by atoms with Gasteiger partial charge in [0, 0.05) is 23.1 Å². The predicted octanol–water partition coefficient (Wildman–Crippen LogP) is 4.94. The minimum Gasteiger partial charge on any atom is -0.496 e. The number of anilines is 1. The molecule has 0 atom stereocenters. The van der Waals surface area contributed by atoms with Crippen LogP contribution in [0.15, 0.2) is 57.4 Å². The van der Waals surface area contributed by atoms with E-state index in [1.807, 2.05) is 23.6 Å². The van der Waals surface area contributed by atoms with Crippen molar-refractivity contribution in [1.29, 1.82) is 0 Å². The number of nitrogens with one attached hydrogen (secondary N) is 1. The van der Waals surface area contributed by atoms with Crippen molar-refractivity contribution in [3.05, 3.63) is 68.0 Å². The Morgan fingerprint density at radius 3 is 2.73 bits per heavy atom. The molecule has 1 aromatic heterocycles. The molecule has 0 radical (unpaired) electrons. The zero-order chi connectivity index (χ0) is 18.5. The van der Waals surface area contributed by atoms with Crippen LogP contribution in [0.25, 0.3) is 11.3 Å². The number of thiazole rings is 1. The maximum Gasteiger partial charge on any atom is 0.269 e. The van der Waals surface area contributed by atoms with Gasteiger partial charge >= 0.3 is 0 Å². The van der Waals surface area contributed by atoms with Crippen molar-refractivity contribution >= 4 is 44.3 Å². The SMILES string of the molecule is COc1ccc(/C=N\Nc2nc(-c3ccc([N+](=O)[O-])cc3)cs2)cc1Br. The van der Waals surface area contributed by atoms with Gasteiger partial charge in [0.15, 0.2) is 0 Å². The van der Waals surface area contributed by atoms with Gasteiger partial charge in [-0.1, -0.05) is 0 Å². The maximum absolute atomic E-state index is 10.7. The van der Waals surface area contributed by atoms with Crippen LogP contribution < -0.4 is 10.2 Å². The predicted molar refractivity (Wildman–Crippen MR) is 106 cm³/mol. The van der Waals surface area contributed by atoms with Crippen molar-refractivity contribution in [1.82, 2.24) is 4.98 Å². The van der Waals surface area contributed by atoms with Gasteiger partial charge in [-0.25, -0.2) is 4.98 Å². The number of non-ortho nitro benzene ring substituents is 1. The van der Waals surface area contributed by atoms with Gasteiger partial charge in [0.1, 0.15) is 5.75 Å². The quantitative estimate of drug-likeness (QED) is 0.338. The topological polar surface area (TPSA) is 89.7 Å². The molecule has 2 aromatic carbocycles. The monoisotopic (exact) mass is 432 g/mol. The first-order valence-electron chi connectivity index (χ1n) is 7.40. The van der Waals surface area contributed by atoms with E-state index in [0.717, 1.165) is 27.0 Å². The molecule has 0 saturated heterocycles. The number of hydrogen-bond acceptors (Lipinski definition) is 7. The highest BCUT2D eigenvalue weighted by atomic mass is 79.9. The molecule has 0 saturated carbocycles. The van der Waals surface area contributed by atoms with Crippen molar-refractivity contribution in [2.24, 2.45) is 5.10 Å². The lowest BCUT2D eigenvalue weighted by Gasteiger charge is -2.03. The van der Waals surface area contributed by atoms with Crippen molar-refractivity contribution < 1.29 is 9.66 Å². The Hall–Kier alpha value is -2.78. The van der Waals surface area contributed by atoms with Gasteiger partial charge in [0.2, 0.25) is 5.13 Å². The van der Waals surface area contributed by atoms with Gasteiger partial charge in [-0.3, -0.25) is 15.5 Å². The highest BCUT2D eigenvalue weighted by molar-refractivity contribution is 9.10. The second kappa shape index (κ2) is 8.07. The smallest absolute Gasteiger partial charge is 0.269 e. The van der Waals surface area contributed by atoms with Gasteiger partial charge in [0.05, 0.1) is 28.4 Å². The van der Waals surface area contributed by atoms with Crippen LogP contribution in [0.2, 0.25) is 0 Å². The summed E-state index contributed by atoms with van der Waals surface area (Å²) in [5.41, 5.74) is 5.38. The molecule has 132 valence electrons. The largest absolute Gasteiger partial charge is 0.496 e. The first-order chi connectivity index (χ1) is 12.6. The number of methoxy groups -OCH3 is 1. The molecule has 1 N–H and O–H groups in total. The Morgan fingerprint density at radius 1 is 1.31 bits per heavy atom. The number of nitro benzene ring substituents is 1. The second-order valence-corrected chi connectivity index (χ2v) is 6.82. The minimum atomic E-state index is -0.427. The van der Waals surface area contributed by atoms with Crippen LogP contribution in [-0.4, -0.2) is 23.2 Å². The van der Waals surface area contributed by atoms with Crippen molar-refractivity contribution in [2.75, 3.05) is 12.5 Å². The number of aromatic nitrogens is 1. The Balaban J connectivity index is 1.66. The maximum atomic E-state index is 10.7. The molecule has 0 aliphatic rings. The lowest BCUT2D eigenvalue weighted by molar-refractivity contribution is -0.384. The number of rotatable bonds is 6. The number of nitrogens with zero attached hydrogens (tertiary/aromatic N) is 3. The van der Waals surface area contributed by atoms with E-state index in [1.165, 1.54) is 23.5 Å². The minimum absolute atomic E-state index is 0.0533. The molecule has 1 heterocycles. The lowest BCUT2D eigenvalue weighted by Crippen LogP contribution is -1.91. The van der Waals surface area contributed by atoms with E-state index in [4.69, 9.17) is 4.74 Å². The van der Waals surface area contributed by atoms with Gasteiger partial charge in [-0.15, -0.1) is 11.3 Å². The van der Waals surface area contributed by atoms with Crippen LogP contribution in [0.3, 0.4) is 0 Å². The third-order valence-corrected chi connectivity index (χ3v) is 4.79. The molecule has 9 heteroatoms. The van der Waals surface area contributed by atoms with Crippen LogP contribution in [-0.2, 0) is 0 Å². The average molecular weight is 433 g/mol. The number of benzene rings is 2. The summed E-state index contributed by atoms with van der Waals surface area (Å²) in [6, 6.07) is 11.9. The van der Waals surface area contributed by atoms with Crippen molar-refractivity contribution in [2.45, 2.75) is 0 Å². The van der Waals surface area contributed by atoms with E-state index in [-0.39, 0.29) is 5.69 Å². The molecular weight excluding hydrogens is 420 g/mol. The number of hydrogen-bond donors (Lipinski definition) is 1. The van der Waals surface area contributed by atoms with E-state index in [2.05, 4.69) is 31.4 Å².